The van der Waals surface area contributed by atoms with Crippen LogP contribution in [0.25, 0.3) is 0 Å². The molecule has 9 heteroatoms. The Morgan fingerprint density at radius 3 is 2.25 bits per heavy atom. The Morgan fingerprint density at radius 1 is 1.00 bits per heavy atom. The standard InChI is InChI=1S/C19H20F2N2O4S/c1-14(27-15-5-3-2-4-6-15)19(24)22-9-11-23(12-10-22)28(25,26)16-7-8-17(20)18(21)13-16/h2-8,13-14H,9-12H2,1H3. The molecule has 0 bridgehead atoms. The van der Waals surface area contributed by atoms with Crippen molar-refractivity contribution in [2.75, 3.05) is 26.2 Å². The highest BCUT2D eigenvalue weighted by atomic mass is 32.2. The number of para-hydroxylation sites is 1. The number of carbonyl (C=O) groups excluding carboxylic acids is 1. The van der Waals surface area contributed by atoms with Crippen LogP contribution in [-0.2, 0) is 14.8 Å². The van der Waals surface area contributed by atoms with Crippen LogP contribution in [0.4, 0.5) is 8.78 Å². The van der Waals surface area contributed by atoms with Gasteiger partial charge in [0.05, 0.1) is 4.90 Å². The van der Waals surface area contributed by atoms with Gasteiger partial charge in [-0.05, 0) is 37.3 Å². The molecule has 0 N–H and O–H groups in total. The van der Waals surface area contributed by atoms with E-state index in [-0.39, 0.29) is 37.0 Å². The lowest BCUT2D eigenvalue weighted by Gasteiger charge is -2.35. The number of benzene rings is 2. The Hall–Kier alpha value is -2.52. The predicted octanol–water partition coefficient (Wildman–Crippen LogP) is 2.27. The van der Waals surface area contributed by atoms with Gasteiger partial charge in [0.1, 0.15) is 5.75 Å². The van der Waals surface area contributed by atoms with Gasteiger partial charge >= 0.3 is 0 Å². The second kappa shape index (κ2) is 8.24. The van der Waals surface area contributed by atoms with Gasteiger partial charge in [-0.2, -0.15) is 4.31 Å². The van der Waals surface area contributed by atoms with E-state index in [2.05, 4.69) is 0 Å². The lowest BCUT2D eigenvalue weighted by molar-refractivity contribution is -0.139. The molecule has 6 nitrogen and oxygen atoms in total. The number of ether oxygens (including phenoxy) is 1. The fraction of sp³-hybridized carbons (Fsp3) is 0.316. The van der Waals surface area contributed by atoms with Gasteiger partial charge in [-0.3, -0.25) is 4.79 Å². The molecule has 1 heterocycles. The lowest BCUT2D eigenvalue weighted by atomic mass is 10.3. The number of hydrogen-bond acceptors (Lipinski definition) is 4. The van der Waals surface area contributed by atoms with Crippen molar-refractivity contribution < 1.29 is 26.7 Å². The van der Waals surface area contributed by atoms with Crippen LogP contribution in [0.2, 0.25) is 0 Å². The number of carbonyl (C=O) groups is 1. The Bertz CT molecular complexity index is 946. The maximum Gasteiger partial charge on any atom is 0.263 e. The van der Waals surface area contributed by atoms with Crippen molar-refractivity contribution in [3.05, 3.63) is 60.2 Å². The quantitative estimate of drug-likeness (QED) is 0.759. The van der Waals surface area contributed by atoms with Crippen LogP contribution < -0.4 is 4.74 Å². The third-order valence-corrected chi connectivity index (χ3v) is 6.38. The number of halogens is 2. The first-order chi connectivity index (χ1) is 13.3. The smallest absolute Gasteiger partial charge is 0.263 e. The first-order valence-corrected chi connectivity index (χ1v) is 10.2. The summed E-state index contributed by atoms with van der Waals surface area (Å²) in [5.74, 6) is -2.00. The molecular formula is C19H20F2N2O4S. The zero-order valence-electron chi connectivity index (χ0n) is 15.2. The summed E-state index contributed by atoms with van der Waals surface area (Å²) in [7, 11) is -3.96. The van der Waals surface area contributed by atoms with E-state index in [0.717, 1.165) is 16.4 Å². The average molecular weight is 410 g/mol. The summed E-state index contributed by atoms with van der Waals surface area (Å²) < 4.78 is 58.4. The van der Waals surface area contributed by atoms with E-state index in [9.17, 15) is 22.0 Å². The molecule has 0 spiro atoms. The van der Waals surface area contributed by atoms with Crippen molar-refractivity contribution in [1.29, 1.82) is 0 Å². The minimum atomic E-state index is -3.96. The highest BCUT2D eigenvalue weighted by Crippen LogP contribution is 2.20. The third kappa shape index (κ3) is 4.31. The molecule has 1 aliphatic rings. The van der Waals surface area contributed by atoms with Crippen molar-refractivity contribution in [2.45, 2.75) is 17.9 Å². The van der Waals surface area contributed by atoms with E-state index in [1.807, 2.05) is 6.07 Å². The molecule has 28 heavy (non-hydrogen) atoms. The molecule has 0 aromatic heterocycles. The highest BCUT2D eigenvalue weighted by Gasteiger charge is 2.32. The topological polar surface area (TPSA) is 66.9 Å². The summed E-state index contributed by atoms with van der Waals surface area (Å²) >= 11 is 0. The van der Waals surface area contributed by atoms with Crippen LogP contribution in [0, 0.1) is 11.6 Å². The van der Waals surface area contributed by atoms with Crippen LogP contribution in [0.3, 0.4) is 0 Å². The molecule has 1 amide bonds. The molecule has 0 saturated carbocycles. The van der Waals surface area contributed by atoms with Crippen LogP contribution >= 0.6 is 0 Å². The van der Waals surface area contributed by atoms with E-state index in [4.69, 9.17) is 4.74 Å². The van der Waals surface area contributed by atoms with Crippen LogP contribution in [0.5, 0.6) is 5.75 Å². The predicted molar refractivity (Wildman–Crippen MR) is 98.2 cm³/mol. The van der Waals surface area contributed by atoms with E-state index in [0.29, 0.717) is 11.8 Å². The minimum absolute atomic E-state index is 0.0606. The maximum atomic E-state index is 13.4. The number of hydrogen-bond donors (Lipinski definition) is 0. The number of rotatable bonds is 5. The largest absolute Gasteiger partial charge is 0.481 e. The summed E-state index contributed by atoms with van der Waals surface area (Å²) in [5.41, 5.74) is 0. The summed E-state index contributed by atoms with van der Waals surface area (Å²) in [6, 6.07) is 11.4. The van der Waals surface area contributed by atoms with Gasteiger partial charge in [-0.1, -0.05) is 18.2 Å². The Balaban J connectivity index is 1.61. The monoisotopic (exact) mass is 410 g/mol. The van der Waals surface area contributed by atoms with Crippen LogP contribution in [0.15, 0.2) is 53.4 Å². The minimum Gasteiger partial charge on any atom is -0.481 e. The van der Waals surface area contributed by atoms with Crippen LogP contribution in [-0.4, -0.2) is 55.8 Å². The highest BCUT2D eigenvalue weighted by molar-refractivity contribution is 7.89. The first-order valence-electron chi connectivity index (χ1n) is 8.75. The zero-order valence-corrected chi connectivity index (χ0v) is 16.0. The van der Waals surface area contributed by atoms with E-state index in [1.54, 1.807) is 31.2 Å². The Kier molecular flexibility index (Phi) is 5.95. The van der Waals surface area contributed by atoms with E-state index in [1.165, 1.54) is 4.90 Å². The maximum absolute atomic E-state index is 13.4. The van der Waals surface area contributed by atoms with Gasteiger partial charge < -0.3 is 9.64 Å². The second-order valence-corrected chi connectivity index (χ2v) is 8.32. The molecule has 2 aromatic rings. The molecule has 150 valence electrons. The number of amides is 1. The molecule has 2 aromatic carbocycles. The molecular weight excluding hydrogens is 390 g/mol. The summed E-state index contributed by atoms with van der Waals surface area (Å²) in [5, 5.41) is 0. The number of nitrogens with zero attached hydrogens (tertiary/aromatic N) is 2. The van der Waals surface area contributed by atoms with Crippen molar-refractivity contribution in [3.8, 4) is 5.75 Å². The van der Waals surface area contributed by atoms with E-state index < -0.39 is 27.8 Å². The van der Waals surface area contributed by atoms with Crippen molar-refractivity contribution >= 4 is 15.9 Å². The molecule has 0 radical (unpaired) electrons. The number of piperazine rings is 1. The third-order valence-electron chi connectivity index (χ3n) is 4.48. The molecule has 1 aliphatic heterocycles. The van der Waals surface area contributed by atoms with Gasteiger partial charge in [-0.15, -0.1) is 0 Å². The van der Waals surface area contributed by atoms with Gasteiger partial charge in [-0.25, -0.2) is 17.2 Å². The van der Waals surface area contributed by atoms with Gasteiger partial charge in [0.15, 0.2) is 17.7 Å². The Labute approximate surface area is 162 Å². The first kappa shape index (κ1) is 20.2. The molecule has 1 fully saturated rings. The average Bonchev–Trinajstić information content (AvgIpc) is 2.70. The molecule has 0 aliphatic carbocycles. The fourth-order valence-electron chi connectivity index (χ4n) is 2.95. The van der Waals surface area contributed by atoms with Gasteiger partial charge in [0, 0.05) is 26.2 Å². The normalized spacial score (nSPS) is 16.6. The summed E-state index contributed by atoms with van der Waals surface area (Å²) in [6.07, 6.45) is -0.711. The van der Waals surface area contributed by atoms with Crippen molar-refractivity contribution in [1.82, 2.24) is 9.21 Å². The van der Waals surface area contributed by atoms with Crippen molar-refractivity contribution in [2.24, 2.45) is 0 Å². The van der Waals surface area contributed by atoms with Crippen LogP contribution in [0.1, 0.15) is 6.92 Å². The summed E-state index contributed by atoms with van der Waals surface area (Å²) in [6.45, 7) is 2.13. The Morgan fingerprint density at radius 2 is 1.64 bits per heavy atom. The lowest BCUT2D eigenvalue weighted by Crippen LogP contribution is -2.53. The fourth-order valence-corrected chi connectivity index (χ4v) is 4.38. The molecule has 1 atom stereocenters. The molecule has 3 rings (SSSR count). The van der Waals surface area contributed by atoms with Crippen molar-refractivity contribution in [3.63, 3.8) is 0 Å². The SMILES string of the molecule is CC(Oc1ccccc1)C(=O)N1CCN(S(=O)(=O)c2ccc(F)c(F)c2)CC1. The van der Waals surface area contributed by atoms with Gasteiger partial charge in [0.2, 0.25) is 10.0 Å². The molecule has 1 saturated heterocycles. The summed E-state index contributed by atoms with van der Waals surface area (Å²) in [4.78, 5) is 13.8. The second-order valence-electron chi connectivity index (χ2n) is 6.38. The number of sulfonamides is 1. The van der Waals surface area contributed by atoms with Gasteiger partial charge in [0.25, 0.3) is 5.91 Å². The molecule has 1 unspecified atom stereocenters. The van der Waals surface area contributed by atoms with E-state index >= 15 is 0 Å². The zero-order chi connectivity index (χ0) is 20.3.